The highest BCUT2D eigenvalue weighted by atomic mass is 16.5. The maximum atomic E-state index is 9.71. The van der Waals surface area contributed by atoms with Crippen LogP contribution >= 0.6 is 0 Å². The highest BCUT2D eigenvalue weighted by molar-refractivity contribution is 5.15. The molecule has 2 aromatic rings. The molecular weight excluding hydrogens is 266 g/mol. The summed E-state index contributed by atoms with van der Waals surface area (Å²) in [5, 5.41) is 14.1. The summed E-state index contributed by atoms with van der Waals surface area (Å²) in [6.45, 7) is 2.47. The Labute approximate surface area is 125 Å². The molecule has 0 aliphatic heterocycles. The van der Waals surface area contributed by atoms with Gasteiger partial charge in [0, 0.05) is 32.0 Å². The second-order valence-corrected chi connectivity index (χ2v) is 5.34. The lowest BCUT2D eigenvalue weighted by molar-refractivity contribution is 0.0419. The van der Waals surface area contributed by atoms with Crippen molar-refractivity contribution in [3.63, 3.8) is 0 Å². The monoisotopic (exact) mass is 289 g/mol. The predicted molar refractivity (Wildman–Crippen MR) is 82.0 cm³/mol. The van der Waals surface area contributed by atoms with Crippen LogP contribution in [0.25, 0.3) is 0 Å². The van der Waals surface area contributed by atoms with E-state index in [1.807, 2.05) is 42.3 Å². The van der Waals surface area contributed by atoms with Crippen LogP contribution in [0.4, 0.5) is 0 Å². The third kappa shape index (κ3) is 5.30. The summed E-state index contributed by atoms with van der Waals surface area (Å²) < 4.78 is 6.87. The number of hydrogen-bond acceptors (Lipinski definition) is 4. The van der Waals surface area contributed by atoms with Gasteiger partial charge in [-0.2, -0.15) is 5.10 Å². The van der Waals surface area contributed by atoms with Crippen molar-refractivity contribution in [1.29, 1.82) is 0 Å². The van der Waals surface area contributed by atoms with E-state index >= 15 is 0 Å². The van der Waals surface area contributed by atoms with E-state index < -0.39 is 6.10 Å². The molecular formula is C16H23N3O2. The Morgan fingerprint density at radius 2 is 2.05 bits per heavy atom. The fraction of sp³-hybridized carbons (Fsp3) is 0.438. The second kappa shape index (κ2) is 7.93. The van der Waals surface area contributed by atoms with E-state index in [0.717, 1.165) is 18.7 Å². The summed E-state index contributed by atoms with van der Waals surface area (Å²) in [5.74, 6) is 0. The number of aliphatic hydroxyl groups excluding tert-OH is 1. The maximum Gasteiger partial charge on any atom is 0.0900 e. The topological polar surface area (TPSA) is 50.5 Å². The largest absolute Gasteiger partial charge is 0.389 e. The van der Waals surface area contributed by atoms with E-state index in [-0.39, 0.29) is 0 Å². The molecule has 0 spiro atoms. The van der Waals surface area contributed by atoms with Crippen molar-refractivity contribution < 1.29 is 9.84 Å². The number of aromatic nitrogens is 2. The van der Waals surface area contributed by atoms with Crippen LogP contribution in [0.5, 0.6) is 0 Å². The minimum atomic E-state index is -0.459. The minimum Gasteiger partial charge on any atom is -0.389 e. The van der Waals surface area contributed by atoms with Crippen LogP contribution in [0.1, 0.15) is 11.1 Å². The summed E-state index contributed by atoms with van der Waals surface area (Å²) in [4.78, 5) is 2.06. The first-order valence-corrected chi connectivity index (χ1v) is 7.08. The molecule has 0 amide bonds. The predicted octanol–water partition coefficient (Wildman–Crippen LogP) is 1.37. The lowest BCUT2D eigenvalue weighted by atomic mass is 10.2. The molecule has 1 N–H and O–H groups in total. The van der Waals surface area contributed by atoms with Crippen LogP contribution in [0.3, 0.4) is 0 Å². The molecule has 0 saturated heterocycles. The van der Waals surface area contributed by atoms with Gasteiger partial charge >= 0.3 is 0 Å². The number of methoxy groups -OCH3 is 1. The average Bonchev–Trinajstić information content (AvgIpc) is 2.87. The molecule has 5 heteroatoms. The van der Waals surface area contributed by atoms with Crippen molar-refractivity contribution in [1.82, 2.24) is 14.7 Å². The van der Waals surface area contributed by atoms with Gasteiger partial charge in [-0.25, -0.2) is 0 Å². The standard InChI is InChI=1S/C16H23N3O2/c1-18(12-16(20)13-21-2)9-15-8-17-19(11-15)10-14-6-4-3-5-7-14/h3-8,11,16,20H,9-10,12-13H2,1-2H3. The fourth-order valence-electron chi connectivity index (χ4n) is 2.33. The molecule has 114 valence electrons. The fourth-order valence-corrected chi connectivity index (χ4v) is 2.33. The van der Waals surface area contributed by atoms with Gasteiger partial charge in [0.25, 0.3) is 0 Å². The number of likely N-dealkylation sites (N-methyl/N-ethyl adjacent to an activating group) is 1. The van der Waals surface area contributed by atoms with E-state index in [1.165, 1.54) is 5.56 Å². The van der Waals surface area contributed by atoms with Crippen molar-refractivity contribution in [3.05, 3.63) is 53.9 Å². The van der Waals surface area contributed by atoms with Crippen molar-refractivity contribution in [2.24, 2.45) is 0 Å². The molecule has 1 aromatic heterocycles. The Morgan fingerprint density at radius 3 is 2.76 bits per heavy atom. The summed E-state index contributed by atoms with van der Waals surface area (Å²) in [7, 11) is 3.57. The Balaban J connectivity index is 1.85. The van der Waals surface area contributed by atoms with Gasteiger partial charge in [-0.05, 0) is 12.6 Å². The highest BCUT2D eigenvalue weighted by Gasteiger charge is 2.09. The molecule has 0 aliphatic carbocycles. The summed E-state index contributed by atoms with van der Waals surface area (Å²) in [6.07, 6.45) is 3.47. The van der Waals surface area contributed by atoms with Crippen molar-refractivity contribution in [3.8, 4) is 0 Å². The van der Waals surface area contributed by atoms with Crippen molar-refractivity contribution in [2.45, 2.75) is 19.2 Å². The van der Waals surface area contributed by atoms with Crippen LogP contribution < -0.4 is 0 Å². The van der Waals surface area contributed by atoms with Gasteiger partial charge in [0.1, 0.15) is 0 Å². The Hall–Kier alpha value is -1.69. The number of rotatable bonds is 8. The normalized spacial score (nSPS) is 12.8. The van der Waals surface area contributed by atoms with E-state index in [2.05, 4.69) is 22.1 Å². The van der Waals surface area contributed by atoms with Crippen molar-refractivity contribution >= 4 is 0 Å². The highest BCUT2D eigenvalue weighted by Crippen LogP contribution is 2.06. The summed E-state index contributed by atoms with van der Waals surface area (Å²) in [6, 6.07) is 10.3. The van der Waals surface area contributed by atoms with Crippen LogP contribution in [-0.2, 0) is 17.8 Å². The first-order chi connectivity index (χ1) is 10.2. The molecule has 1 aromatic carbocycles. The lowest BCUT2D eigenvalue weighted by Crippen LogP contribution is -2.31. The number of nitrogens with zero attached hydrogens (tertiary/aromatic N) is 3. The molecule has 2 rings (SSSR count). The van der Waals surface area contributed by atoms with E-state index in [9.17, 15) is 5.11 Å². The number of ether oxygens (including phenoxy) is 1. The first kappa shape index (κ1) is 15.7. The molecule has 21 heavy (non-hydrogen) atoms. The molecule has 5 nitrogen and oxygen atoms in total. The second-order valence-electron chi connectivity index (χ2n) is 5.34. The molecule has 0 bridgehead atoms. The van der Waals surface area contributed by atoms with E-state index in [1.54, 1.807) is 7.11 Å². The van der Waals surface area contributed by atoms with Gasteiger partial charge in [-0.1, -0.05) is 30.3 Å². The molecule has 0 aliphatic rings. The van der Waals surface area contributed by atoms with Crippen LogP contribution in [0.2, 0.25) is 0 Å². The van der Waals surface area contributed by atoms with E-state index in [0.29, 0.717) is 13.2 Å². The zero-order chi connectivity index (χ0) is 15.1. The van der Waals surface area contributed by atoms with E-state index in [4.69, 9.17) is 4.74 Å². The number of hydrogen-bond donors (Lipinski definition) is 1. The van der Waals surface area contributed by atoms with Gasteiger partial charge in [0.15, 0.2) is 0 Å². The Morgan fingerprint density at radius 1 is 1.29 bits per heavy atom. The molecule has 1 atom stereocenters. The third-order valence-corrected chi connectivity index (χ3v) is 3.21. The van der Waals surface area contributed by atoms with Crippen LogP contribution in [0.15, 0.2) is 42.7 Å². The molecule has 0 radical (unpaired) electrons. The number of benzene rings is 1. The Kier molecular flexibility index (Phi) is 5.92. The quantitative estimate of drug-likeness (QED) is 0.797. The molecule has 1 unspecified atom stereocenters. The smallest absolute Gasteiger partial charge is 0.0900 e. The zero-order valence-electron chi connectivity index (χ0n) is 12.6. The average molecular weight is 289 g/mol. The van der Waals surface area contributed by atoms with Gasteiger partial charge in [-0.15, -0.1) is 0 Å². The Bertz CT molecular complexity index is 527. The minimum absolute atomic E-state index is 0.359. The maximum absolute atomic E-state index is 9.71. The van der Waals surface area contributed by atoms with Gasteiger partial charge in [0.05, 0.1) is 25.5 Å². The van der Waals surface area contributed by atoms with Crippen molar-refractivity contribution in [2.75, 3.05) is 27.3 Å². The zero-order valence-corrected chi connectivity index (χ0v) is 12.6. The molecule has 1 heterocycles. The SMILES string of the molecule is COCC(O)CN(C)Cc1cnn(Cc2ccccc2)c1. The first-order valence-electron chi connectivity index (χ1n) is 7.08. The summed E-state index contributed by atoms with van der Waals surface area (Å²) >= 11 is 0. The molecule has 0 saturated carbocycles. The van der Waals surface area contributed by atoms with Gasteiger partial charge < -0.3 is 9.84 Å². The lowest BCUT2D eigenvalue weighted by Gasteiger charge is -2.19. The molecule has 0 fully saturated rings. The van der Waals surface area contributed by atoms with Gasteiger partial charge in [-0.3, -0.25) is 9.58 Å². The van der Waals surface area contributed by atoms with Crippen LogP contribution in [-0.4, -0.2) is 53.2 Å². The number of aliphatic hydroxyl groups is 1. The van der Waals surface area contributed by atoms with Gasteiger partial charge in [0.2, 0.25) is 0 Å². The third-order valence-electron chi connectivity index (χ3n) is 3.21. The van der Waals surface area contributed by atoms with Crippen LogP contribution in [0, 0.1) is 0 Å². The summed E-state index contributed by atoms with van der Waals surface area (Å²) in [5.41, 5.74) is 2.37.